The van der Waals surface area contributed by atoms with Crippen LogP contribution < -0.4 is 15.1 Å². The smallest absolute Gasteiger partial charge is 0.282 e. The zero-order valence-corrected chi connectivity index (χ0v) is 16.5. The summed E-state index contributed by atoms with van der Waals surface area (Å²) in [5.74, 6) is 0.0553. The van der Waals surface area contributed by atoms with Gasteiger partial charge in [-0.3, -0.25) is 4.79 Å². The molecule has 0 radical (unpaired) electrons. The van der Waals surface area contributed by atoms with Crippen molar-refractivity contribution in [3.63, 3.8) is 0 Å². The number of hydrogen-bond donors (Lipinski definition) is 3. The van der Waals surface area contributed by atoms with Crippen LogP contribution in [-0.4, -0.2) is 44.7 Å². The van der Waals surface area contributed by atoms with Gasteiger partial charge in [0.25, 0.3) is 5.91 Å². The molecule has 0 saturated carbocycles. The molecule has 1 amide bonds. The highest BCUT2D eigenvalue weighted by Gasteiger charge is 2.30. The first kappa shape index (κ1) is 19.6. The Morgan fingerprint density at radius 1 is 1.11 bits per heavy atom. The van der Waals surface area contributed by atoms with Crippen LogP contribution in [0.15, 0.2) is 60.7 Å². The number of carbonyl (C=O) groups excluding carboxylic acids is 1. The minimum Gasteiger partial charge on any atom is -0.322 e. The minimum absolute atomic E-state index is 0.0553. The fourth-order valence-corrected chi connectivity index (χ4v) is 3.68. The Labute approximate surface area is 166 Å². The molecule has 2 aromatic rings. The molecule has 27 heavy (non-hydrogen) atoms. The van der Waals surface area contributed by atoms with E-state index in [9.17, 15) is 4.79 Å². The summed E-state index contributed by atoms with van der Waals surface area (Å²) in [6.07, 6.45) is 4.44. The summed E-state index contributed by atoms with van der Waals surface area (Å²) in [5, 5.41) is 3.61. The third-order valence-corrected chi connectivity index (χ3v) is 5.45. The molecule has 1 fully saturated rings. The van der Waals surface area contributed by atoms with Crippen molar-refractivity contribution in [3.05, 3.63) is 71.3 Å². The second-order valence-electron chi connectivity index (χ2n) is 7.15. The van der Waals surface area contributed by atoms with E-state index in [1.54, 1.807) is 17.0 Å². The van der Waals surface area contributed by atoms with Crippen molar-refractivity contribution in [3.8, 4) is 0 Å². The summed E-state index contributed by atoms with van der Waals surface area (Å²) < 4.78 is 0. The third-order valence-electron chi connectivity index (χ3n) is 5.21. The first-order chi connectivity index (χ1) is 13.1. The molecule has 1 aliphatic heterocycles. The van der Waals surface area contributed by atoms with Gasteiger partial charge in [-0.25, -0.2) is 0 Å². The fraction of sp³-hybridized carbons (Fsp3) is 0.318. The molecule has 5 heteroatoms. The van der Waals surface area contributed by atoms with Crippen LogP contribution in [0, 0.1) is 0 Å². The number of benzene rings is 2. The molecule has 3 rings (SSSR count). The number of carbonyl (C=O) groups is 1. The maximum Gasteiger partial charge on any atom is 0.282 e. The third kappa shape index (κ3) is 5.93. The van der Waals surface area contributed by atoms with Crippen LogP contribution in [0.2, 0.25) is 5.02 Å². The largest absolute Gasteiger partial charge is 0.322 e. The summed E-state index contributed by atoms with van der Waals surface area (Å²) >= 11 is 5.99. The van der Waals surface area contributed by atoms with Crippen molar-refractivity contribution >= 4 is 29.3 Å². The average molecular weight is 386 g/mol. The molecule has 1 atom stereocenters. The molecule has 3 N–H and O–H groups in total. The van der Waals surface area contributed by atoms with Crippen LogP contribution in [0.25, 0.3) is 6.08 Å². The Hall–Kier alpha value is -2.14. The molecule has 1 heterocycles. The van der Waals surface area contributed by atoms with Gasteiger partial charge < -0.3 is 15.1 Å². The maximum atomic E-state index is 12.5. The molecular formula is C22H28ClN3O+2. The lowest BCUT2D eigenvalue weighted by Crippen LogP contribution is -3.29. The lowest BCUT2D eigenvalue weighted by molar-refractivity contribution is -1.02. The van der Waals surface area contributed by atoms with E-state index < -0.39 is 0 Å². The molecule has 0 aromatic heterocycles. The zero-order chi connectivity index (χ0) is 19.1. The number of anilines is 1. The van der Waals surface area contributed by atoms with E-state index in [1.165, 1.54) is 10.5 Å². The zero-order valence-electron chi connectivity index (χ0n) is 15.7. The van der Waals surface area contributed by atoms with Gasteiger partial charge in [0.1, 0.15) is 26.2 Å². The molecule has 0 aliphatic carbocycles. The van der Waals surface area contributed by atoms with E-state index in [4.69, 9.17) is 11.6 Å². The lowest BCUT2D eigenvalue weighted by Gasteiger charge is -2.32. The number of halogens is 1. The summed E-state index contributed by atoms with van der Waals surface area (Å²) in [6, 6.07) is 17.6. The normalized spacial score (nSPS) is 21.1. The average Bonchev–Trinajstić information content (AvgIpc) is 2.69. The molecular weight excluding hydrogens is 358 g/mol. The van der Waals surface area contributed by atoms with Crippen LogP contribution >= 0.6 is 11.6 Å². The molecule has 4 nitrogen and oxygen atoms in total. The van der Waals surface area contributed by atoms with Gasteiger partial charge in [-0.2, -0.15) is 0 Å². The highest BCUT2D eigenvalue weighted by atomic mass is 35.5. The van der Waals surface area contributed by atoms with E-state index in [-0.39, 0.29) is 11.9 Å². The van der Waals surface area contributed by atoms with E-state index in [0.29, 0.717) is 5.02 Å². The predicted octanol–water partition coefficient (Wildman–Crippen LogP) is 1.16. The number of piperazine rings is 1. The monoisotopic (exact) mass is 385 g/mol. The molecule has 0 bridgehead atoms. The van der Waals surface area contributed by atoms with Gasteiger partial charge in [0.15, 0.2) is 6.04 Å². The van der Waals surface area contributed by atoms with Gasteiger partial charge in [-0.15, -0.1) is 0 Å². The van der Waals surface area contributed by atoms with Crippen molar-refractivity contribution in [2.75, 3.05) is 38.0 Å². The Kier molecular flexibility index (Phi) is 7.04. The van der Waals surface area contributed by atoms with Gasteiger partial charge in [0.05, 0.1) is 6.54 Å². The Morgan fingerprint density at radius 2 is 1.85 bits per heavy atom. The van der Waals surface area contributed by atoms with Gasteiger partial charge >= 0.3 is 0 Å². The molecule has 1 saturated heterocycles. The van der Waals surface area contributed by atoms with Crippen LogP contribution in [-0.2, 0) is 4.79 Å². The van der Waals surface area contributed by atoms with Gasteiger partial charge in [0.2, 0.25) is 0 Å². The van der Waals surface area contributed by atoms with Crippen molar-refractivity contribution in [1.29, 1.82) is 0 Å². The Bertz CT molecular complexity index is 770. The molecule has 2 aromatic carbocycles. The Balaban J connectivity index is 1.44. The lowest BCUT2D eigenvalue weighted by atomic mass is 10.2. The number of hydrogen-bond acceptors (Lipinski definition) is 1. The summed E-state index contributed by atoms with van der Waals surface area (Å²) in [6.45, 7) is 7.24. The van der Waals surface area contributed by atoms with E-state index in [0.717, 1.165) is 38.4 Å². The molecule has 0 unspecified atom stereocenters. The minimum atomic E-state index is -0.0645. The standard InChI is InChI=1S/C22H26ClN3O/c1-18(22(27)24-21-11-5-10-20(23)17-21)26-15-13-25(14-16-26)12-6-9-19-7-3-2-4-8-19/h2-11,17-18H,12-16H2,1H3,(H,24,27)/p+2/b9-6+/t18-/m1/s1. The molecule has 142 valence electrons. The van der Waals surface area contributed by atoms with Crippen molar-refractivity contribution in [2.24, 2.45) is 0 Å². The van der Waals surface area contributed by atoms with Crippen molar-refractivity contribution < 1.29 is 14.6 Å². The van der Waals surface area contributed by atoms with E-state index in [1.807, 2.05) is 25.1 Å². The number of rotatable bonds is 6. The van der Waals surface area contributed by atoms with E-state index >= 15 is 0 Å². The van der Waals surface area contributed by atoms with Gasteiger partial charge in [0, 0.05) is 10.7 Å². The van der Waals surface area contributed by atoms with Crippen molar-refractivity contribution in [1.82, 2.24) is 0 Å². The van der Waals surface area contributed by atoms with Gasteiger partial charge in [-0.05, 0) is 36.8 Å². The van der Waals surface area contributed by atoms with Crippen LogP contribution in [0.4, 0.5) is 5.69 Å². The first-order valence-electron chi connectivity index (χ1n) is 9.58. The van der Waals surface area contributed by atoms with Crippen LogP contribution in [0.1, 0.15) is 12.5 Å². The quantitative estimate of drug-likeness (QED) is 0.686. The highest BCUT2D eigenvalue weighted by Crippen LogP contribution is 2.14. The van der Waals surface area contributed by atoms with Crippen LogP contribution in [0.3, 0.4) is 0 Å². The second kappa shape index (κ2) is 9.70. The van der Waals surface area contributed by atoms with E-state index in [2.05, 4.69) is 41.7 Å². The SMILES string of the molecule is C[C@H](C(=O)Nc1cccc(Cl)c1)[NH+]1CC[NH+](C/C=C/c2ccccc2)CC1. The Morgan fingerprint density at radius 3 is 2.56 bits per heavy atom. The number of quaternary nitrogens is 2. The summed E-state index contributed by atoms with van der Waals surface area (Å²) in [5.41, 5.74) is 2.00. The second-order valence-corrected chi connectivity index (χ2v) is 7.58. The topological polar surface area (TPSA) is 38.0 Å². The summed E-state index contributed by atoms with van der Waals surface area (Å²) in [4.78, 5) is 15.5. The molecule has 1 aliphatic rings. The van der Waals surface area contributed by atoms with Crippen LogP contribution in [0.5, 0.6) is 0 Å². The fourth-order valence-electron chi connectivity index (χ4n) is 3.49. The molecule has 0 spiro atoms. The predicted molar refractivity (Wildman–Crippen MR) is 111 cm³/mol. The first-order valence-corrected chi connectivity index (χ1v) is 9.96. The van der Waals surface area contributed by atoms with Crippen molar-refractivity contribution in [2.45, 2.75) is 13.0 Å². The maximum absolute atomic E-state index is 12.5. The van der Waals surface area contributed by atoms with Gasteiger partial charge in [-0.1, -0.05) is 54.1 Å². The highest BCUT2D eigenvalue weighted by molar-refractivity contribution is 6.30. The number of amides is 1. The summed E-state index contributed by atoms with van der Waals surface area (Å²) in [7, 11) is 0. The number of nitrogens with one attached hydrogen (secondary N) is 3.